The molecule has 0 radical (unpaired) electrons. The highest BCUT2D eigenvalue weighted by Crippen LogP contribution is 2.26. The van der Waals surface area contributed by atoms with E-state index < -0.39 is 0 Å². The van der Waals surface area contributed by atoms with Crippen molar-refractivity contribution in [2.24, 2.45) is 5.92 Å². The zero-order valence-corrected chi connectivity index (χ0v) is 11.6. The van der Waals surface area contributed by atoms with Gasteiger partial charge in [-0.3, -0.25) is 4.98 Å². The van der Waals surface area contributed by atoms with Crippen molar-refractivity contribution >= 4 is 10.9 Å². The van der Waals surface area contributed by atoms with Gasteiger partial charge in [0.15, 0.2) is 0 Å². The number of pyridine rings is 1. The van der Waals surface area contributed by atoms with E-state index in [2.05, 4.69) is 42.1 Å². The maximum absolute atomic E-state index is 6.04. The number of hydrogen-bond acceptors (Lipinski definition) is 3. The first-order valence-corrected chi connectivity index (χ1v) is 6.89. The molecule has 1 saturated heterocycles. The summed E-state index contributed by atoms with van der Waals surface area (Å²) >= 11 is 0. The van der Waals surface area contributed by atoms with Gasteiger partial charge in [0, 0.05) is 24.0 Å². The van der Waals surface area contributed by atoms with Crippen molar-refractivity contribution in [3.8, 4) is 5.75 Å². The van der Waals surface area contributed by atoms with Gasteiger partial charge < -0.3 is 9.64 Å². The van der Waals surface area contributed by atoms with Gasteiger partial charge in [-0.15, -0.1) is 0 Å². The molecule has 1 aliphatic rings. The molecule has 1 fully saturated rings. The van der Waals surface area contributed by atoms with Gasteiger partial charge in [-0.05, 0) is 45.1 Å². The quantitative estimate of drug-likeness (QED) is 0.844. The molecule has 0 N–H and O–H groups in total. The van der Waals surface area contributed by atoms with E-state index >= 15 is 0 Å². The van der Waals surface area contributed by atoms with Crippen LogP contribution in [-0.4, -0.2) is 36.6 Å². The molecular weight excluding hydrogens is 236 g/mol. The zero-order chi connectivity index (χ0) is 13.2. The van der Waals surface area contributed by atoms with Crippen LogP contribution in [0.3, 0.4) is 0 Å². The van der Waals surface area contributed by atoms with Crippen LogP contribution in [0.4, 0.5) is 0 Å². The lowest BCUT2D eigenvalue weighted by atomic mass is 10.1. The van der Waals surface area contributed by atoms with Crippen LogP contribution < -0.4 is 4.74 Å². The second-order valence-electron chi connectivity index (χ2n) is 5.56. The van der Waals surface area contributed by atoms with E-state index in [1.54, 1.807) is 0 Å². The Morgan fingerprint density at radius 1 is 1.37 bits per heavy atom. The molecule has 1 atom stereocenters. The number of rotatable bonds is 3. The zero-order valence-electron chi connectivity index (χ0n) is 11.6. The van der Waals surface area contributed by atoms with Crippen molar-refractivity contribution in [1.29, 1.82) is 0 Å². The van der Waals surface area contributed by atoms with Gasteiger partial charge in [0.2, 0.25) is 0 Å². The molecule has 19 heavy (non-hydrogen) atoms. The number of nitrogens with zero attached hydrogens (tertiary/aromatic N) is 2. The minimum Gasteiger partial charge on any atom is -0.492 e. The van der Waals surface area contributed by atoms with Gasteiger partial charge in [0.25, 0.3) is 0 Å². The maximum atomic E-state index is 6.04. The molecule has 1 aliphatic heterocycles. The summed E-state index contributed by atoms with van der Waals surface area (Å²) in [4.78, 5) is 6.75. The highest BCUT2D eigenvalue weighted by atomic mass is 16.5. The third kappa shape index (κ3) is 2.71. The molecule has 2 heterocycles. The molecular formula is C16H20N2O. The van der Waals surface area contributed by atoms with E-state index in [0.29, 0.717) is 5.92 Å². The molecule has 0 bridgehead atoms. The average molecular weight is 256 g/mol. The first-order chi connectivity index (χ1) is 9.22. The fourth-order valence-electron chi connectivity index (χ4n) is 2.73. The van der Waals surface area contributed by atoms with Crippen LogP contribution in [-0.2, 0) is 0 Å². The van der Waals surface area contributed by atoms with Gasteiger partial charge in [-0.1, -0.05) is 11.6 Å². The summed E-state index contributed by atoms with van der Waals surface area (Å²) in [7, 11) is 2.17. The Labute approximate surface area is 114 Å². The third-order valence-corrected chi connectivity index (χ3v) is 3.82. The lowest BCUT2D eigenvalue weighted by Crippen LogP contribution is -2.18. The minimum atomic E-state index is 0.651. The van der Waals surface area contributed by atoms with Crippen LogP contribution in [0.25, 0.3) is 10.9 Å². The smallest absolute Gasteiger partial charge is 0.130 e. The summed E-state index contributed by atoms with van der Waals surface area (Å²) < 4.78 is 6.04. The summed E-state index contributed by atoms with van der Waals surface area (Å²) in [5, 5.41) is 1.12. The molecule has 1 aromatic carbocycles. The standard InChI is InChI=1S/C16H20N2O/c1-12-3-4-15-14(9-12)16(5-7-17-15)19-11-13-6-8-18(2)10-13/h3-5,7,9,13H,6,8,10-11H2,1-2H3. The van der Waals surface area contributed by atoms with E-state index in [9.17, 15) is 0 Å². The first kappa shape index (κ1) is 12.4. The SMILES string of the molecule is Cc1ccc2nccc(OCC3CCN(C)C3)c2c1. The van der Waals surface area contributed by atoms with E-state index in [1.807, 2.05) is 12.3 Å². The highest BCUT2D eigenvalue weighted by Gasteiger charge is 2.20. The summed E-state index contributed by atoms with van der Waals surface area (Å²) in [6.07, 6.45) is 3.06. The van der Waals surface area contributed by atoms with E-state index in [0.717, 1.165) is 29.8 Å². The summed E-state index contributed by atoms with van der Waals surface area (Å²) in [5.74, 6) is 1.61. The van der Waals surface area contributed by atoms with Crippen molar-refractivity contribution in [2.75, 3.05) is 26.7 Å². The van der Waals surface area contributed by atoms with Crippen molar-refractivity contribution in [3.05, 3.63) is 36.0 Å². The van der Waals surface area contributed by atoms with Crippen LogP contribution in [0.1, 0.15) is 12.0 Å². The average Bonchev–Trinajstić information content (AvgIpc) is 2.82. The number of hydrogen-bond donors (Lipinski definition) is 0. The Kier molecular flexibility index (Phi) is 3.38. The van der Waals surface area contributed by atoms with Crippen LogP contribution in [0.5, 0.6) is 5.75 Å². The molecule has 3 rings (SSSR count). The monoisotopic (exact) mass is 256 g/mol. The van der Waals surface area contributed by atoms with Crippen molar-refractivity contribution in [2.45, 2.75) is 13.3 Å². The number of aryl methyl sites for hydroxylation is 1. The molecule has 0 spiro atoms. The summed E-state index contributed by atoms with van der Waals surface area (Å²) in [6, 6.07) is 8.27. The molecule has 3 nitrogen and oxygen atoms in total. The fraction of sp³-hybridized carbons (Fsp3) is 0.438. The van der Waals surface area contributed by atoms with E-state index in [1.165, 1.54) is 18.5 Å². The van der Waals surface area contributed by atoms with Gasteiger partial charge >= 0.3 is 0 Å². The normalized spacial score (nSPS) is 20.0. The van der Waals surface area contributed by atoms with Crippen LogP contribution in [0.15, 0.2) is 30.5 Å². The Morgan fingerprint density at radius 3 is 3.05 bits per heavy atom. The summed E-state index contributed by atoms with van der Waals surface area (Å²) in [5.41, 5.74) is 2.25. The topological polar surface area (TPSA) is 25.4 Å². The van der Waals surface area contributed by atoms with Crippen molar-refractivity contribution in [3.63, 3.8) is 0 Å². The lowest BCUT2D eigenvalue weighted by molar-refractivity contribution is 0.251. The second-order valence-corrected chi connectivity index (χ2v) is 5.56. The Balaban J connectivity index is 1.78. The fourth-order valence-corrected chi connectivity index (χ4v) is 2.73. The number of ether oxygens (including phenoxy) is 1. The molecule has 3 heteroatoms. The van der Waals surface area contributed by atoms with Crippen LogP contribution in [0.2, 0.25) is 0 Å². The van der Waals surface area contributed by atoms with Gasteiger partial charge in [-0.25, -0.2) is 0 Å². The van der Waals surface area contributed by atoms with Crippen molar-refractivity contribution < 1.29 is 4.74 Å². The maximum Gasteiger partial charge on any atom is 0.130 e. The first-order valence-electron chi connectivity index (χ1n) is 6.89. The molecule has 2 aromatic rings. The molecule has 1 unspecified atom stereocenters. The lowest BCUT2D eigenvalue weighted by Gasteiger charge is -2.13. The highest BCUT2D eigenvalue weighted by molar-refractivity contribution is 5.85. The summed E-state index contributed by atoms with van der Waals surface area (Å²) in [6.45, 7) is 5.23. The van der Waals surface area contributed by atoms with Crippen LogP contribution >= 0.6 is 0 Å². The molecule has 0 aliphatic carbocycles. The number of benzene rings is 1. The van der Waals surface area contributed by atoms with Crippen LogP contribution in [0, 0.1) is 12.8 Å². The molecule has 100 valence electrons. The third-order valence-electron chi connectivity index (χ3n) is 3.82. The molecule has 0 saturated carbocycles. The number of likely N-dealkylation sites (tertiary alicyclic amines) is 1. The van der Waals surface area contributed by atoms with Gasteiger partial charge in [-0.2, -0.15) is 0 Å². The van der Waals surface area contributed by atoms with E-state index in [-0.39, 0.29) is 0 Å². The van der Waals surface area contributed by atoms with Crippen molar-refractivity contribution in [1.82, 2.24) is 9.88 Å². The van der Waals surface area contributed by atoms with Gasteiger partial charge in [0.1, 0.15) is 5.75 Å². The predicted octanol–water partition coefficient (Wildman–Crippen LogP) is 2.87. The van der Waals surface area contributed by atoms with Gasteiger partial charge in [0.05, 0.1) is 12.1 Å². The predicted molar refractivity (Wildman–Crippen MR) is 77.6 cm³/mol. The largest absolute Gasteiger partial charge is 0.492 e. The number of fused-ring (bicyclic) bond motifs is 1. The Hall–Kier alpha value is -1.61. The Morgan fingerprint density at radius 2 is 2.26 bits per heavy atom. The minimum absolute atomic E-state index is 0.651. The second kappa shape index (κ2) is 5.17. The molecule has 0 amide bonds. The number of aromatic nitrogens is 1. The van der Waals surface area contributed by atoms with E-state index in [4.69, 9.17) is 4.74 Å². The molecule has 1 aromatic heterocycles. The Bertz CT molecular complexity index is 582.